The van der Waals surface area contributed by atoms with E-state index in [4.69, 9.17) is 9.47 Å². The molecule has 0 bridgehead atoms. The van der Waals surface area contributed by atoms with E-state index in [2.05, 4.69) is 21.0 Å². The Bertz CT molecular complexity index is 1350. The van der Waals surface area contributed by atoms with E-state index in [0.717, 1.165) is 36.6 Å². The Kier molecular flexibility index (Phi) is 7.25. The molecule has 2 aromatic heterocycles. The molecule has 0 aliphatic rings. The number of esters is 1. The van der Waals surface area contributed by atoms with Gasteiger partial charge in [0.05, 0.1) is 26.7 Å². The third kappa shape index (κ3) is 5.17. The number of carbonyl (C=O) groups is 1. The fraction of sp³-hybridized carbons (Fsp3) is 0.240. The second kappa shape index (κ2) is 10.3. The Balaban J connectivity index is 1.61. The van der Waals surface area contributed by atoms with Gasteiger partial charge in [-0.05, 0) is 58.5 Å². The summed E-state index contributed by atoms with van der Waals surface area (Å²) in [7, 11) is 1.65. The number of rotatable bonds is 8. The molecule has 170 valence electrons. The van der Waals surface area contributed by atoms with Crippen LogP contribution in [-0.4, -0.2) is 22.9 Å². The minimum Gasteiger partial charge on any atom is -0.496 e. The smallest absolute Gasteiger partial charge is 0.328 e. The fourth-order valence-electron chi connectivity index (χ4n) is 3.65. The molecule has 0 unspecified atom stereocenters. The van der Waals surface area contributed by atoms with Crippen LogP contribution in [0.25, 0.3) is 10.1 Å². The number of fused-ring (bicyclic) bond motifs is 1. The summed E-state index contributed by atoms with van der Waals surface area (Å²) in [5.74, 6) is 0.311. The van der Waals surface area contributed by atoms with Gasteiger partial charge in [0.1, 0.15) is 18.9 Å². The summed E-state index contributed by atoms with van der Waals surface area (Å²) in [5.41, 5.74) is 3.28. The SMILES string of the molecule is COc1ccccc1CCc1nn(CC(=O)OCc2ccccc2)c(=O)c2c(C)c(Br)sc12. The van der Waals surface area contributed by atoms with Crippen LogP contribution in [-0.2, 0) is 35.5 Å². The zero-order chi connectivity index (χ0) is 23.4. The summed E-state index contributed by atoms with van der Waals surface area (Å²) in [4.78, 5) is 25.7. The topological polar surface area (TPSA) is 70.4 Å². The Labute approximate surface area is 203 Å². The maximum atomic E-state index is 13.2. The van der Waals surface area contributed by atoms with Crippen LogP contribution < -0.4 is 10.3 Å². The molecule has 6 nitrogen and oxygen atoms in total. The highest BCUT2D eigenvalue weighted by atomic mass is 79.9. The van der Waals surface area contributed by atoms with Crippen LogP contribution in [0.3, 0.4) is 0 Å². The Hall–Kier alpha value is -2.97. The number of methoxy groups -OCH3 is 1. The summed E-state index contributed by atoms with van der Waals surface area (Å²) >= 11 is 5.05. The Morgan fingerprint density at radius 3 is 2.58 bits per heavy atom. The zero-order valence-corrected chi connectivity index (χ0v) is 20.7. The molecular formula is C25H23BrN2O4S. The van der Waals surface area contributed by atoms with E-state index < -0.39 is 5.97 Å². The number of thiophene rings is 1. The summed E-state index contributed by atoms with van der Waals surface area (Å²) < 4.78 is 13.8. The van der Waals surface area contributed by atoms with Gasteiger partial charge in [-0.3, -0.25) is 9.59 Å². The predicted molar refractivity (Wildman–Crippen MR) is 133 cm³/mol. The van der Waals surface area contributed by atoms with Crippen LogP contribution in [0.15, 0.2) is 63.2 Å². The quantitative estimate of drug-likeness (QED) is 0.300. The minimum atomic E-state index is -0.504. The van der Waals surface area contributed by atoms with E-state index in [9.17, 15) is 9.59 Å². The molecule has 33 heavy (non-hydrogen) atoms. The molecule has 0 radical (unpaired) electrons. The summed E-state index contributed by atoms with van der Waals surface area (Å²) in [6, 6.07) is 17.3. The first-order valence-corrected chi connectivity index (χ1v) is 12.1. The average molecular weight is 527 g/mol. The molecular weight excluding hydrogens is 504 g/mol. The highest BCUT2D eigenvalue weighted by Gasteiger charge is 2.19. The highest BCUT2D eigenvalue weighted by Crippen LogP contribution is 2.35. The molecule has 2 aromatic carbocycles. The monoisotopic (exact) mass is 526 g/mol. The number of aromatic nitrogens is 2. The third-order valence-electron chi connectivity index (χ3n) is 5.39. The Morgan fingerprint density at radius 1 is 1.09 bits per heavy atom. The lowest BCUT2D eigenvalue weighted by Crippen LogP contribution is -2.29. The molecule has 4 aromatic rings. The van der Waals surface area contributed by atoms with E-state index in [1.165, 1.54) is 16.0 Å². The van der Waals surface area contributed by atoms with Crippen molar-refractivity contribution in [2.75, 3.05) is 7.11 Å². The highest BCUT2D eigenvalue weighted by molar-refractivity contribution is 9.11. The molecule has 8 heteroatoms. The summed E-state index contributed by atoms with van der Waals surface area (Å²) in [6.45, 7) is 1.81. The number of aryl methyl sites for hydroxylation is 3. The van der Waals surface area contributed by atoms with Gasteiger partial charge in [0.2, 0.25) is 0 Å². The lowest BCUT2D eigenvalue weighted by Gasteiger charge is -2.11. The normalized spacial score (nSPS) is 11.0. The molecule has 0 fully saturated rings. The van der Waals surface area contributed by atoms with Crippen molar-refractivity contribution in [3.05, 3.63) is 91.1 Å². The predicted octanol–water partition coefficient (Wildman–Crippen LogP) is 5.07. The summed E-state index contributed by atoms with van der Waals surface area (Å²) in [5, 5.41) is 5.16. The van der Waals surface area contributed by atoms with Crippen molar-refractivity contribution in [3.63, 3.8) is 0 Å². The molecule has 0 saturated carbocycles. The fourth-order valence-corrected chi connectivity index (χ4v) is 5.37. The van der Waals surface area contributed by atoms with Crippen molar-refractivity contribution in [2.24, 2.45) is 0 Å². The van der Waals surface area contributed by atoms with Crippen molar-refractivity contribution in [1.29, 1.82) is 0 Å². The average Bonchev–Trinajstić information content (AvgIpc) is 3.14. The number of nitrogens with zero attached hydrogens (tertiary/aromatic N) is 2. The van der Waals surface area contributed by atoms with Gasteiger partial charge in [0.25, 0.3) is 5.56 Å². The van der Waals surface area contributed by atoms with E-state index in [1.54, 1.807) is 7.11 Å². The van der Waals surface area contributed by atoms with Crippen LogP contribution in [0.4, 0.5) is 0 Å². The Morgan fingerprint density at radius 2 is 1.82 bits per heavy atom. The molecule has 0 aliphatic heterocycles. The van der Waals surface area contributed by atoms with E-state index in [-0.39, 0.29) is 18.7 Å². The largest absolute Gasteiger partial charge is 0.496 e. The number of hydrogen-bond acceptors (Lipinski definition) is 6. The number of para-hydroxylation sites is 1. The number of hydrogen-bond donors (Lipinski definition) is 0. The molecule has 2 heterocycles. The second-order valence-corrected chi connectivity index (χ2v) is 9.91. The minimum absolute atomic E-state index is 0.153. The van der Waals surface area contributed by atoms with Gasteiger partial charge in [-0.25, -0.2) is 4.68 Å². The standard InChI is InChI=1S/C25H23BrN2O4S/c1-16-22-23(33-24(16)26)19(13-12-18-10-6-7-11-20(18)31-2)27-28(25(22)30)14-21(29)32-15-17-8-4-3-5-9-17/h3-11H,12-15H2,1-2H3. The van der Waals surface area contributed by atoms with Gasteiger partial charge < -0.3 is 9.47 Å². The van der Waals surface area contributed by atoms with Crippen LogP contribution >= 0.6 is 27.3 Å². The van der Waals surface area contributed by atoms with Gasteiger partial charge in [0.15, 0.2) is 0 Å². The van der Waals surface area contributed by atoms with Gasteiger partial charge in [-0.2, -0.15) is 5.10 Å². The van der Waals surface area contributed by atoms with Crippen LogP contribution in [0.5, 0.6) is 5.75 Å². The summed E-state index contributed by atoms with van der Waals surface area (Å²) in [6.07, 6.45) is 1.29. The van der Waals surface area contributed by atoms with Gasteiger partial charge in [-0.1, -0.05) is 48.5 Å². The molecule has 0 saturated heterocycles. The molecule has 0 aliphatic carbocycles. The van der Waals surface area contributed by atoms with Crippen LogP contribution in [0.2, 0.25) is 0 Å². The van der Waals surface area contributed by atoms with E-state index in [1.807, 2.05) is 61.5 Å². The van der Waals surface area contributed by atoms with Gasteiger partial charge in [-0.15, -0.1) is 11.3 Å². The molecule has 4 rings (SSSR count). The van der Waals surface area contributed by atoms with Crippen molar-refractivity contribution in [2.45, 2.75) is 32.9 Å². The molecule has 0 amide bonds. The van der Waals surface area contributed by atoms with Crippen molar-refractivity contribution >= 4 is 43.3 Å². The van der Waals surface area contributed by atoms with Crippen molar-refractivity contribution < 1.29 is 14.3 Å². The van der Waals surface area contributed by atoms with Gasteiger partial charge >= 0.3 is 5.97 Å². The maximum Gasteiger partial charge on any atom is 0.328 e. The van der Waals surface area contributed by atoms with Gasteiger partial charge in [0, 0.05) is 0 Å². The zero-order valence-electron chi connectivity index (χ0n) is 18.3. The molecule has 0 spiro atoms. The third-order valence-corrected chi connectivity index (χ3v) is 7.60. The van der Waals surface area contributed by atoms with Crippen LogP contribution in [0, 0.1) is 6.92 Å². The first-order valence-electron chi connectivity index (χ1n) is 10.5. The first-order chi connectivity index (χ1) is 16.0. The number of halogens is 1. The number of ether oxygens (including phenoxy) is 2. The number of benzene rings is 2. The van der Waals surface area contributed by atoms with Crippen molar-refractivity contribution in [3.8, 4) is 5.75 Å². The van der Waals surface area contributed by atoms with Crippen LogP contribution in [0.1, 0.15) is 22.4 Å². The maximum absolute atomic E-state index is 13.2. The lowest BCUT2D eigenvalue weighted by molar-refractivity contribution is -0.146. The van der Waals surface area contributed by atoms with E-state index >= 15 is 0 Å². The second-order valence-electron chi connectivity index (χ2n) is 7.57. The number of carbonyl (C=O) groups excluding carboxylic acids is 1. The molecule has 0 atom stereocenters. The first kappa shape index (κ1) is 23.2. The molecule has 0 N–H and O–H groups in total. The lowest BCUT2D eigenvalue weighted by atomic mass is 10.1. The van der Waals surface area contributed by atoms with E-state index in [0.29, 0.717) is 18.2 Å². The van der Waals surface area contributed by atoms with Crippen molar-refractivity contribution in [1.82, 2.24) is 9.78 Å².